The molecule has 0 saturated heterocycles. The Labute approximate surface area is 145 Å². The molecule has 0 bridgehead atoms. The van der Waals surface area contributed by atoms with E-state index < -0.39 is 16.0 Å². The Kier molecular flexibility index (Phi) is 5.70. The zero-order valence-electron chi connectivity index (χ0n) is 14.3. The van der Waals surface area contributed by atoms with Crippen LogP contribution in [0.2, 0.25) is 0 Å². The molecule has 1 aromatic carbocycles. The summed E-state index contributed by atoms with van der Waals surface area (Å²) in [5, 5.41) is -0.217. The van der Waals surface area contributed by atoms with Crippen molar-refractivity contribution in [3.8, 4) is 11.5 Å². The van der Waals surface area contributed by atoms with Crippen molar-refractivity contribution >= 4 is 16.0 Å². The van der Waals surface area contributed by atoms with E-state index in [1.54, 1.807) is 12.1 Å². The van der Waals surface area contributed by atoms with Gasteiger partial charge in [-0.3, -0.25) is 0 Å². The average molecular weight is 369 g/mol. The maximum Gasteiger partial charge on any atom is 0.342 e. The molecular weight excluding hydrogens is 350 g/mol. The van der Waals surface area contributed by atoms with Gasteiger partial charge in [-0.2, -0.15) is 0 Å². The largest absolute Gasteiger partial charge is 0.497 e. The third kappa shape index (κ3) is 4.12. The minimum absolute atomic E-state index is 0.209. The molecule has 0 N–H and O–H groups in total. The van der Waals surface area contributed by atoms with Crippen molar-refractivity contribution in [2.45, 2.75) is 11.7 Å². The molecule has 0 amide bonds. The van der Waals surface area contributed by atoms with E-state index in [0.29, 0.717) is 11.5 Å². The lowest BCUT2D eigenvalue weighted by molar-refractivity contribution is 0.0437. The summed E-state index contributed by atoms with van der Waals surface area (Å²) < 4.78 is 45.5. The molecule has 2 rings (SSSR count). The zero-order valence-corrected chi connectivity index (χ0v) is 15.1. The molecule has 0 aliphatic carbocycles. The van der Waals surface area contributed by atoms with Crippen molar-refractivity contribution in [3.05, 3.63) is 41.7 Å². The van der Waals surface area contributed by atoms with Crippen LogP contribution in [0.4, 0.5) is 0 Å². The lowest BCUT2D eigenvalue weighted by atomic mass is 10.2. The van der Waals surface area contributed by atoms with E-state index in [-0.39, 0.29) is 23.0 Å². The van der Waals surface area contributed by atoms with Crippen LogP contribution in [-0.2, 0) is 21.4 Å². The second-order valence-electron chi connectivity index (χ2n) is 5.15. The van der Waals surface area contributed by atoms with Gasteiger partial charge < -0.3 is 18.6 Å². The lowest BCUT2D eigenvalue weighted by Crippen LogP contribution is -2.21. The molecule has 0 aliphatic heterocycles. The summed E-state index contributed by atoms with van der Waals surface area (Å²) in [7, 11) is 2.05. The van der Waals surface area contributed by atoms with E-state index in [4.69, 9.17) is 18.6 Å². The topological polar surface area (TPSA) is 95.3 Å². The summed E-state index contributed by atoms with van der Waals surface area (Å²) in [4.78, 5) is 12.2. The minimum Gasteiger partial charge on any atom is -0.497 e. The summed E-state index contributed by atoms with van der Waals surface area (Å²) in [5.74, 6) is 0.423. The van der Waals surface area contributed by atoms with Gasteiger partial charge in [0.2, 0.25) is 5.09 Å². The van der Waals surface area contributed by atoms with Gasteiger partial charge in [-0.05, 0) is 24.3 Å². The highest BCUT2D eigenvalue weighted by Crippen LogP contribution is 2.25. The van der Waals surface area contributed by atoms with Crippen LogP contribution in [0, 0.1) is 0 Å². The van der Waals surface area contributed by atoms with Gasteiger partial charge in [-0.25, -0.2) is 17.5 Å². The van der Waals surface area contributed by atoms with Gasteiger partial charge in [0.1, 0.15) is 29.4 Å². The number of carbonyl (C=O) groups excluding carboxylic acids is 1. The average Bonchev–Trinajstić information content (AvgIpc) is 3.08. The number of hydrogen-bond acceptors (Lipinski definition) is 7. The highest BCUT2D eigenvalue weighted by atomic mass is 32.2. The van der Waals surface area contributed by atoms with Gasteiger partial charge in [0.05, 0.1) is 14.2 Å². The number of ether oxygens (including phenoxy) is 3. The SMILES string of the molecule is COc1ccc(C(=O)OCc2ccc(S(=O)(=O)N(C)C)o2)c(OC)c1. The first kappa shape index (κ1) is 18.8. The van der Waals surface area contributed by atoms with Gasteiger partial charge in [0, 0.05) is 20.2 Å². The fourth-order valence-electron chi connectivity index (χ4n) is 1.94. The monoisotopic (exact) mass is 369 g/mol. The lowest BCUT2D eigenvalue weighted by Gasteiger charge is -2.10. The molecule has 0 radical (unpaired) electrons. The Morgan fingerprint density at radius 3 is 2.44 bits per heavy atom. The van der Waals surface area contributed by atoms with E-state index in [1.807, 2.05) is 0 Å². The van der Waals surface area contributed by atoms with E-state index in [2.05, 4.69) is 0 Å². The van der Waals surface area contributed by atoms with E-state index in [9.17, 15) is 13.2 Å². The van der Waals surface area contributed by atoms with Crippen LogP contribution in [-0.4, -0.2) is 47.0 Å². The molecule has 0 unspecified atom stereocenters. The van der Waals surface area contributed by atoms with Crippen molar-refractivity contribution in [3.63, 3.8) is 0 Å². The second-order valence-corrected chi connectivity index (χ2v) is 7.23. The van der Waals surface area contributed by atoms with Gasteiger partial charge in [-0.15, -0.1) is 0 Å². The predicted molar refractivity (Wildman–Crippen MR) is 88.2 cm³/mol. The fourth-order valence-corrected chi connectivity index (χ4v) is 2.75. The standard InChI is InChI=1S/C16H19NO7S/c1-17(2)25(19,20)15-8-6-12(24-15)10-23-16(18)13-7-5-11(21-3)9-14(13)22-4/h5-9H,10H2,1-4H3. The Bertz CT molecular complexity index is 855. The van der Waals surface area contributed by atoms with Crippen LogP contribution in [0.1, 0.15) is 16.1 Å². The molecule has 0 saturated carbocycles. The molecule has 136 valence electrons. The summed E-state index contributed by atoms with van der Waals surface area (Å²) in [6.07, 6.45) is 0. The second kappa shape index (κ2) is 7.58. The summed E-state index contributed by atoms with van der Waals surface area (Å²) in [5.41, 5.74) is 0.219. The summed E-state index contributed by atoms with van der Waals surface area (Å²) >= 11 is 0. The smallest absolute Gasteiger partial charge is 0.342 e. The van der Waals surface area contributed by atoms with Crippen LogP contribution in [0.15, 0.2) is 39.8 Å². The van der Waals surface area contributed by atoms with Gasteiger partial charge in [-0.1, -0.05) is 0 Å². The number of carbonyl (C=O) groups is 1. The third-order valence-electron chi connectivity index (χ3n) is 3.35. The minimum atomic E-state index is -3.67. The van der Waals surface area contributed by atoms with Gasteiger partial charge in [0.15, 0.2) is 0 Å². The van der Waals surface area contributed by atoms with Crippen LogP contribution >= 0.6 is 0 Å². The van der Waals surface area contributed by atoms with Crippen LogP contribution in [0.3, 0.4) is 0 Å². The molecule has 0 spiro atoms. The highest BCUT2D eigenvalue weighted by Gasteiger charge is 2.22. The zero-order chi connectivity index (χ0) is 18.6. The third-order valence-corrected chi connectivity index (χ3v) is 5.04. The van der Waals surface area contributed by atoms with Gasteiger partial charge in [0.25, 0.3) is 10.0 Å². The number of hydrogen-bond donors (Lipinski definition) is 0. The Morgan fingerprint density at radius 1 is 1.12 bits per heavy atom. The van der Waals surface area contributed by atoms with Crippen molar-refractivity contribution in [1.29, 1.82) is 0 Å². The highest BCUT2D eigenvalue weighted by molar-refractivity contribution is 7.88. The van der Waals surface area contributed by atoms with Gasteiger partial charge >= 0.3 is 5.97 Å². The molecule has 25 heavy (non-hydrogen) atoms. The van der Waals surface area contributed by atoms with Crippen molar-refractivity contribution in [2.24, 2.45) is 0 Å². The van der Waals surface area contributed by atoms with E-state index >= 15 is 0 Å². The van der Waals surface area contributed by atoms with Crippen LogP contribution in [0.25, 0.3) is 0 Å². The molecule has 0 fully saturated rings. The van der Waals surface area contributed by atoms with E-state index in [0.717, 1.165) is 4.31 Å². The quantitative estimate of drug-likeness (QED) is 0.688. The molecule has 1 aromatic heterocycles. The predicted octanol–water partition coefficient (Wildman–Crippen LogP) is 1.90. The number of benzene rings is 1. The Morgan fingerprint density at radius 2 is 1.84 bits per heavy atom. The molecule has 2 aromatic rings. The number of rotatable bonds is 7. The summed E-state index contributed by atoms with van der Waals surface area (Å²) in [6.45, 7) is -0.211. The van der Waals surface area contributed by atoms with E-state index in [1.165, 1.54) is 46.5 Å². The van der Waals surface area contributed by atoms with Crippen LogP contribution < -0.4 is 9.47 Å². The first-order chi connectivity index (χ1) is 11.8. The number of methoxy groups -OCH3 is 2. The Balaban J connectivity index is 2.10. The molecule has 0 aliphatic rings. The normalized spacial score (nSPS) is 11.4. The Hall–Kier alpha value is -2.52. The maximum atomic E-state index is 12.2. The number of esters is 1. The molecule has 8 nitrogen and oxygen atoms in total. The number of nitrogens with zero attached hydrogens (tertiary/aromatic N) is 1. The maximum absolute atomic E-state index is 12.2. The number of furan rings is 1. The first-order valence-corrected chi connectivity index (χ1v) is 8.64. The fraction of sp³-hybridized carbons (Fsp3) is 0.312. The first-order valence-electron chi connectivity index (χ1n) is 7.20. The molecule has 0 atom stereocenters. The van der Waals surface area contributed by atoms with Crippen LogP contribution in [0.5, 0.6) is 11.5 Å². The molecule has 1 heterocycles. The number of sulfonamides is 1. The van der Waals surface area contributed by atoms with Crippen molar-refractivity contribution in [2.75, 3.05) is 28.3 Å². The summed E-state index contributed by atoms with van der Waals surface area (Å²) in [6, 6.07) is 7.43. The van der Waals surface area contributed by atoms with Crippen molar-refractivity contribution in [1.82, 2.24) is 4.31 Å². The molecular formula is C16H19NO7S. The molecule has 9 heteroatoms. The van der Waals surface area contributed by atoms with Crippen molar-refractivity contribution < 1.29 is 31.8 Å².